The molecule has 0 rings (SSSR count). The van der Waals surface area contributed by atoms with E-state index in [0.29, 0.717) is 0 Å². The fraction of sp³-hybridized carbons (Fsp3) is 0.667. The van der Waals surface area contributed by atoms with Gasteiger partial charge in [0.25, 0.3) is 0 Å². The van der Waals surface area contributed by atoms with E-state index >= 15 is 0 Å². The summed E-state index contributed by atoms with van der Waals surface area (Å²) in [6, 6.07) is 0. The van der Waals surface area contributed by atoms with Crippen LogP contribution in [0.15, 0.2) is 5.16 Å². The molecule has 16 heavy (non-hydrogen) atoms. The first-order valence-corrected chi connectivity index (χ1v) is 4.69. The number of hydrogen-bond donors (Lipinski definition) is 3. The number of amides is 1. The lowest BCUT2D eigenvalue weighted by atomic mass is 10.2. The van der Waals surface area contributed by atoms with Gasteiger partial charge in [-0.3, -0.25) is 0 Å². The maximum Gasteiger partial charge on any atom is 0.424 e. The van der Waals surface area contributed by atoms with Gasteiger partial charge in [-0.2, -0.15) is 0 Å². The third-order valence-electron chi connectivity index (χ3n) is 1.50. The standard InChI is InChI=1S/C9H18N4O3/c1-6(10)7(12-15)5-13(11)8(14)16-9(2,3)4/h10,15H,5,11H2,1-4H3/b10-6?,12-7-. The van der Waals surface area contributed by atoms with Crippen molar-refractivity contribution in [1.82, 2.24) is 5.01 Å². The molecule has 0 aliphatic rings. The van der Waals surface area contributed by atoms with Crippen molar-refractivity contribution in [2.45, 2.75) is 33.3 Å². The topological polar surface area (TPSA) is 112 Å². The number of nitrogens with two attached hydrogens (primary N) is 1. The molecule has 0 radical (unpaired) electrons. The van der Waals surface area contributed by atoms with E-state index in [1.807, 2.05) is 0 Å². The Morgan fingerprint density at radius 2 is 2.06 bits per heavy atom. The molecule has 0 saturated carbocycles. The summed E-state index contributed by atoms with van der Waals surface area (Å²) in [5, 5.41) is 19.4. The van der Waals surface area contributed by atoms with E-state index < -0.39 is 11.7 Å². The highest BCUT2D eigenvalue weighted by Crippen LogP contribution is 2.08. The average Bonchev–Trinajstić information content (AvgIpc) is 2.10. The van der Waals surface area contributed by atoms with Crippen molar-refractivity contribution in [3.8, 4) is 0 Å². The van der Waals surface area contributed by atoms with Gasteiger partial charge in [-0.1, -0.05) is 5.16 Å². The van der Waals surface area contributed by atoms with E-state index in [0.717, 1.165) is 5.01 Å². The van der Waals surface area contributed by atoms with E-state index in [9.17, 15) is 4.79 Å². The zero-order valence-corrected chi connectivity index (χ0v) is 9.94. The number of carbonyl (C=O) groups is 1. The number of nitrogens with one attached hydrogen (secondary N) is 1. The predicted octanol–water partition coefficient (Wildman–Crippen LogP) is 0.967. The van der Waals surface area contributed by atoms with Crippen LogP contribution in [-0.2, 0) is 4.74 Å². The van der Waals surface area contributed by atoms with Crippen molar-refractivity contribution < 1.29 is 14.7 Å². The highest BCUT2D eigenvalue weighted by atomic mass is 16.6. The molecule has 0 aromatic heterocycles. The Bertz CT molecular complexity index is 306. The van der Waals surface area contributed by atoms with Crippen LogP contribution >= 0.6 is 0 Å². The summed E-state index contributed by atoms with van der Waals surface area (Å²) in [4.78, 5) is 11.4. The molecule has 7 heteroatoms. The largest absolute Gasteiger partial charge is 0.443 e. The van der Waals surface area contributed by atoms with E-state index in [2.05, 4.69) is 5.16 Å². The average molecular weight is 230 g/mol. The summed E-state index contributed by atoms with van der Waals surface area (Å²) >= 11 is 0. The van der Waals surface area contributed by atoms with Gasteiger partial charge in [-0.15, -0.1) is 0 Å². The lowest BCUT2D eigenvalue weighted by Crippen LogP contribution is -2.45. The molecule has 0 unspecified atom stereocenters. The highest BCUT2D eigenvalue weighted by Gasteiger charge is 2.21. The first-order valence-electron chi connectivity index (χ1n) is 4.69. The molecular formula is C9H18N4O3. The molecule has 0 fully saturated rings. The van der Waals surface area contributed by atoms with E-state index in [1.165, 1.54) is 6.92 Å². The maximum atomic E-state index is 11.4. The van der Waals surface area contributed by atoms with E-state index in [1.54, 1.807) is 20.8 Å². The molecule has 0 aromatic rings. The zero-order chi connectivity index (χ0) is 12.9. The Labute approximate surface area is 94.3 Å². The second kappa shape index (κ2) is 5.45. The molecule has 0 saturated heterocycles. The molecule has 0 aliphatic carbocycles. The Kier molecular flexibility index (Phi) is 4.90. The molecule has 0 atom stereocenters. The number of oxime groups is 1. The van der Waals surface area contributed by atoms with Crippen LogP contribution in [0.5, 0.6) is 0 Å². The quantitative estimate of drug-likeness (QED) is 0.220. The van der Waals surface area contributed by atoms with Crippen molar-refractivity contribution in [3.63, 3.8) is 0 Å². The lowest BCUT2D eigenvalue weighted by molar-refractivity contribution is 0.0277. The van der Waals surface area contributed by atoms with E-state index in [4.69, 9.17) is 21.2 Å². The van der Waals surface area contributed by atoms with Gasteiger partial charge in [0.2, 0.25) is 0 Å². The van der Waals surface area contributed by atoms with Crippen LogP contribution in [0.3, 0.4) is 0 Å². The number of carbonyl (C=O) groups excluding carboxylic acids is 1. The van der Waals surface area contributed by atoms with Crippen LogP contribution < -0.4 is 5.84 Å². The molecule has 4 N–H and O–H groups in total. The first kappa shape index (κ1) is 14.4. The Balaban J connectivity index is 4.42. The maximum absolute atomic E-state index is 11.4. The van der Waals surface area contributed by atoms with Crippen molar-refractivity contribution in [2.75, 3.05) is 6.54 Å². The van der Waals surface area contributed by atoms with Crippen molar-refractivity contribution in [3.05, 3.63) is 0 Å². The molecular weight excluding hydrogens is 212 g/mol. The van der Waals surface area contributed by atoms with Crippen LogP contribution in [0.4, 0.5) is 4.79 Å². The van der Waals surface area contributed by atoms with Gasteiger partial charge in [0, 0.05) is 0 Å². The van der Waals surface area contributed by atoms with Crippen LogP contribution in [0.2, 0.25) is 0 Å². The van der Waals surface area contributed by atoms with Gasteiger partial charge in [-0.25, -0.2) is 15.6 Å². The van der Waals surface area contributed by atoms with Crippen molar-refractivity contribution >= 4 is 17.5 Å². The molecule has 7 nitrogen and oxygen atoms in total. The fourth-order valence-corrected chi connectivity index (χ4v) is 0.772. The summed E-state index contributed by atoms with van der Waals surface area (Å²) in [6.07, 6.45) is -0.741. The zero-order valence-electron chi connectivity index (χ0n) is 9.94. The Morgan fingerprint density at radius 1 is 1.56 bits per heavy atom. The predicted molar refractivity (Wildman–Crippen MR) is 59.7 cm³/mol. The minimum absolute atomic E-state index is 0.00774. The van der Waals surface area contributed by atoms with Gasteiger partial charge in [0.1, 0.15) is 11.3 Å². The minimum Gasteiger partial charge on any atom is -0.443 e. The van der Waals surface area contributed by atoms with Crippen LogP contribution in [0, 0.1) is 5.41 Å². The summed E-state index contributed by atoms with van der Waals surface area (Å²) in [7, 11) is 0. The van der Waals surface area contributed by atoms with Crippen molar-refractivity contribution in [2.24, 2.45) is 11.0 Å². The normalized spacial score (nSPS) is 12.2. The SMILES string of the molecule is CC(=N)/C(CN(N)C(=O)OC(C)(C)C)=N\O. The molecule has 92 valence electrons. The number of nitrogens with zero attached hydrogens (tertiary/aromatic N) is 2. The van der Waals surface area contributed by atoms with Gasteiger partial charge >= 0.3 is 6.09 Å². The Hall–Kier alpha value is -1.63. The molecule has 0 spiro atoms. The second-order valence-electron chi connectivity index (χ2n) is 4.28. The molecule has 0 aliphatic heterocycles. The van der Waals surface area contributed by atoms with Crippen molar-refractivity contribution in [1.29, 1.82) is 5.41 Å². The van der Waals surface area contributed by atoms with Crippen LogP contribution in [-0.4, -0.2) is 39.9 Å². The van der Waals surface area contributed by atoms with Gasteiger partial charge in [0.05, 0.1) is 12.3 Å². The second-order valence-corrected chi connectivity index (χ2v) is 4.28. The lowest BCUT2D eigenvalue weighted by Gasteiger charge is -2.24. The monoisotopic (exact) mass is 230 g/mol. The highest BCUT2D eigenvalue weighted by molar-refractivity contribution is 6.41. The number of rotatable bonds is 3. The minimum atomic E-state index is -0.741. The Morgan fingerprint density at radius 3 is 2.38 bits per heavy atom. The number of hydrazine groups is 1. The summed E-state index contributed by atoms with van der Waals surface area (Å²) in [5.41, 5.74) is -0.611. The molecule has 0 bridgehead atoms. The third kappa shape index (κ3) is 5.30. The summed E-state index contributed by atoms with van der Waals surface area (Å²) < 4.78 is 4.98. The molecule has 0 heterocycles. The summed E-state index contributed by atoms with van der Waals surface area (Å²) in [6.45, 7) is 6.38. The van der Waals surface area contributed by atoms with Gasteiger partial charge in [-0.05, 0) is 27.7 Å². The smallest absolute Gasteiger partial charge is 0.424 e. The first-order chi connectivity index (χ1) is 7.17. The van der Waals surface area contributed by atoms with Gasteiger partial charge < -0.3 is 15.4 Å². The van der Waals surface area contributed by atoms with E-state index in [-0.39, 0.29) is 18.0 Å². The fourth-order valence-electron chi connectivity index (χ4n) is 0.772. The third-order valence-corrected chi connectivity index (χ3v) is 1.50. The number of hydrogen-bond acceptors (Lipinski definition) is 6. The summed E-state index contributed by atoms with van der Waals surface area (Å²) in [5.74, 6) is 5.41. The van der Waals surface area contributed by atoms with Crippen LogP contribution in [0.1, 0.15) is 27.7 Å². The van der Waals surface area contributed by atoms with Crippen LogP contribution in [0.25, 0.3) is 0 Å². The molecule has 0 aromatic carbocycles. The number of ether oxygens (including phenoxy) is 1. The van der Waals surface area contributed by atoms with Gasteiger partial charge in [0.15, 0.2) is 0 Å². The molecule has 1 amide bonds.